The van der Waals surface area contributed by atoms with Crippen LogP contribution in [0.5, 0.6) is 0 Å². The van der Waals surface area contributed by atoms with Crippen LogP contribution in [0.25, 0.3) is 11.8 Å². The Balaban J connectivity index is 1.65. The van der Waals surface area contributed by atoms with Crippen LogP contribution in [0, 0.1) is 5.92 Å². The Morgan fingerprint density at radius 1 is 1.38 bits per heavy atom. The average molecular weight is 394 g/mol. The third-order valence-corrected chi connectivity index (χ3v) is 5.81. The Morgan fingerprint density at radius 2 is 2.14 bits per heavy atom. The van der Waals surface area contributed by atoms with Gasteiger partial charge in [0.15, 0.2) is 0 Å². The first-order valence-electron chi connectivity index (χ1n) is 9.77. The maximum atomic E-state index is 12.7. The van der Waals surface area contributed by atoms with Gasteiger partial charge in [-0.3, -0.25) is 4.79 Å². The zero-order valence-electron chi connectivity index (χ0n) is 16.7. The molecule has 7 nitrogen and oxygen atoms in total. The van der Waals surface area contributed by atoms with E-state index in [4.69, 9.17) is 5.11 Å². The zero-order chi connectivity index (χ0) is 20.8. The lowest BCUT2D eigenvalue weighted by Crippen LogP contribution is -2.39. The fraction of sp³-hybridized carbons (Fsp3) is 0.364. The molecule has 0 unspecified atom stereocenters. The van der Waals surface area contributed by atoms with Gasteiger partial charge in [0.1, 0.15) is 11.6 Å². The summed E-state index contributed by atoms with van der Waals surface area (Å²) in [5.41, 5.74) is 1.76. The molecular weight excluding hydrogens is 368 g/mol. The van der Waals surface area contributed by atoms with Crippen LogP contribution in [-0.4, -0.2) is 38.3 Å². The minimum atomic E-state index is -0.778. The molecule has 0 bridgehead atoms. The molecule has 3 heterocycles. The van der Waals surface area contributed by atoms with Crippen molar-refractivity contribution in [2.24, 2.45) is 5.92 Å². The van der Waals surface area contributed by atoms with E-state index in [1.165, 1.54) is 4.57 Å². The molecule has 1 saturated carbocycles. The van der Waals surface area contributed by atoms with Crippen molar-refractivity contribution in [1.29, 1.82) is 0 Å². The lowest BCUT2D eigenvalue weighted by Gasteiger charge is -2.42. The number of rotatable bonds is 5. The molecule has 1 fully saturated rings. The molecule has 0 atom stereocenters. The SMILES string of the molecule is C=C1c2c(ccn(CCO)c2=O)C=C(Nc2cc(C3(O)CC(C)C3)ccn2)N1C. The van der Waals surface area contributed by atoms with Gasteiger partial charge in [0, 0.05) is 31.7 Å². The predicted molar refractivity (Wildman–Crippen MR) is 113 cm³/mol. The number of hydrogen-bond acceptors (Lipinski definition) is 6. The molecule has 4 rings (SSSR count). The van der Waals surface area contributed by atoms with Gasteiger partial charge in [-0.25, -0.2) is 4.98 Å². The smallest absolute Gasteiger partial charge is 0.260 e. The molecule has 0 saturated heterocycles. The van der Waals surface area contributed by atoms with E-state index in [1.54, 1.807) is 12.4 Å². The summed E-state index contributed by atoms with van der Waals surface area (Å²) in [7, 11) is 1.83. The minimum Gasteiger partial charge on any atom is -0.395 e. The quantitative estimate of drug-likeness (QED) is 0.720. The summed E-state index contributed by atoms with van der Waals surface area (Å²) in [5, 5.41) is 23.2. The Labute approximate surface area is 169 Å². The van der Waals surface area contributed by atoms with Crippen LogP contribution in [0.2, 0.25) is 0 Å². The topological polar surface area (TPSA) is 90.6 Å². The summed E-state index contributed by atoms with van der Waals surface area (Å²) < 4.78 is 1.48. The van der Waals surface area contributed by atoms with Crippen LogP contribution in [0.3, 0.4) is 0 Å². The van der Waals surface area contributed by atoms with Gasteiger partial charge in [-0.1, -0.05) is 13.5 Å². The van der Waals surface area contributed by atoms with E-state index in [-0.39, 0.29) is 18.7 Å². The first-order chi connectivity index (χ1) is 13.8. The number of nitrogens with one attached hydrogen (secondary N) is 1. The van der Waals surface area contributed by atoms with Crippen LogP contribution in [0.4, 0.5) is 5.82 Å². The molecule has 0 aromatic carbocycles. The highest BCUT2D eigenvalue weighted by Gasteiger charge is 2.41. The second-order valence-corrected chi connectivity index (χ2v) is 8.00. The Kier molecular flexibility index (Phi) is 4.80. The van der Waals surface area contributed by atoms with E-state index in [2.05, 4.69) is 23.8 Å². The number of aromatic nitrogens is 2. The lowest BCUT2D eigenvalue weighted by atomic mass is 9.68. The summed E-state index contributed by atoms with van der Waals surface area (Å²) in [6, 6.07) is 5.57. The van der Waals surface area contributed by atoms with Crippen LogP contribution in [0.1, 0.15) is 36.5 Å². The number of anilines is 1. The number of pyridine rings is 2. The molecule has 29 heavy (non-hydrogen) atoms. The number of fused-ring (bicyclic) bond motifs is 1. The minimum absolute atomic E-state index is 0.100. The van der Waals surface area contributed by atoms with Gasteiger partial charge in [-0.05, 0) is 54.2 Å². The standard InChI is InChI=1S/C22H26N4O3/c1-14-12-22(29,13-14)17-4-6-23-18(11-17)24-19-10-16-5-7-26(8-9-27)21(28)20(16)15(2)25(19)3/h4-7,10-11,14,27,29H,2,8-9,12-13H2,1,3H3,(H,23,24). The van der Waals surface area contributed by atoms with Crippen molar-refractivity contribution in [1.82, 2.24) is 14.5 Å². The molecule has 1 aliphatic carbocycles. The average Bonchev–Trinajstić information content (AvgIpc) is 2.67. The van der Waals surface area contributed by atoms with E-state index < -0.39 is 5.60 Å². The van der Waals surface area contributed by atoms with Crippen molar-refractivity contribution in [2.75, 3.05) is 19.0 Å². The van der Waals surface area contributed by atoms with Crippen molar-refractivity contribution in [3.05, 3.63) is 70.0 Å². The second kappa shape index (κ2) is 7.17. The van der Waals surface area contributed by atoms with Crippen LogP contribution < -0.4 is 10.9 Å². The number of aliphatic hydroxyl groups is 2. The number of nitrogens with zero attached hydrogens (tertiary/aromatic N) is 3. The molecule has 2 aromatic rings. The largest absolute Gasteiger partial charge is 0.395 e. The maximum Gasteiger partial charge on any atom is 0.260 e. The van der Waals surface area contributed by atoms with Crippen LogP contribution in [0.15, 0.2) is 47.8 Å². The monoisotopic (exact) mass is 394 g/mol. The molecule has 0 spiro atoms. The van der Waals surface area contributed by atoms with Gasteiger partial charge in [-0.15, -0.1) is 0 Å². The van der Waals surface area contributed by atoms with Gasteiger partial charge in [0.25, 0.3) is 5.56 Å². The third kappa shape index (κ3) is 3.36. The van der Waals surface area contributed by atoms with Crippen molar-refractivity contribution in [3.63, 3.8) is 0 Å². The third-order valence-electron chi connectivity index (χ3n) is 5.81. The van der Waals surface area contributed by atoms with Crippen molar-refractivity contribution >= 4 is 17.6 Å². The van der Waals surface area contributed by atoms with Crippen molar-refractivity contribution in [2.45, 2.75) is 31.9 Å². The second-order valence-electron chi connectivity index (χ2n) is 8.00. The molecule has 1 aliphatic heterocycles. The number of hydrogen-bond donors (Lipinski definition) is 3. The van der Waals surface area contributed by atoms with Crippen molar-refractivity contribution in [3.8, 4) is 0 Å². The molecule has 3 N–H and O–H groups in total. The highest BCUT2D eigenvalue weighted by atomic mass is 16.3. The van der Waals surface area contributed by atoms with Gasteiger partial charge in [-0.2, -0.15) is 0 Å². The van der Waals surface area contributed by atoms with E-state index in [0.717, 1.165) is 29.8 Å². The first-order valence-corrected chi connectivity index (χ1v) is 9.77. The Bertz CT molecular complexity index is 1050. The van der Waals surface area contributed by atoms with Gasteiger partial charge < -0.3 is 25.0 Å². The van der Waals surface area contributed by atoms with Gasteiger partial charge in [0.2, 0.25) is 0 Å². The summed E-state index contributed by atoms with van der Waals surface area (Å²) in [6.07, 6.45) is 6.75. The molecule has 152 valence electrons. The highest BCUT2D eigenvalue weighted by Crippen LogP contribution is 2.45. The molecule has 2 aliphatic rings. The van der Waals surface area contributed by atoms with Crippen LogP contribution in [-0.2, 0) is 12.1 Å². The first kappa shape index (κ1) is 19.4. The van der Waals surface area contributed by atoms with E-state index in [9.17, 15) is 9.90 Å². The van der Waals surface area contributed by atoms with E-state index >= 15 is 0 Å². The number of aliphatic hydroxyl groups excluding tert-OH is 1. The molecule has 0 amide bonds. The summed E-state index contributed by atoms with van der Waals surface area (Å²) in [4.78, 5) is 18.9. The summed E-state index contributed by atoms with van der Waals surface area (Å²) in [6.45, 7) is 6.37. The lowest BCUT2D eigenvalue weighted by molar-refractivity contribution is -0.0738. The highest BCUT2D eigenvalue weighted by molar-refractivity contribution is 5.79. The molecule has 7 heteroatoms. The normalized spacial score (nSPS) is 23.3. The molecule has 0 radical (unpaired) electrons. The Hall–Kier alpha value is -2.90. The summed E-state index contributed by atoms with van der Waals surface area (Å²) in [5.74, 6) is 1.88. The molecule has 2 aromatic heterocycles. The van der Waals surface area contributed by atoms with Crippen molar-refractivity contribution < 1.29 is 10.2 Å². The van der Waals surface area contributed by atoms with Gasteiger partial charge in [0.05, 0.1) is 17.8 Å². The summed E-state index contributed by atoms with van der Waals surface area (Å²) >= 11 is 0. The Morgan fingerprint density at radius 3 is 2.83 bits per heavy atom. The van der Waals surface area contributed by atoms with Crippen LogP contribution >= 0.6 is 0 Å². The van der Waals surface area contributed by atoms with E-state index in [0.29, 0.717) is 23.0 Å². The zero-order valence-corrected chi connectivity index (χ0v) is 16.7. The molecular formula is C22H26N4O3. The van der Waals surface area contributed by atoms with Gasteiger partial charge >= 0.3 is 0 Å². The van der Waals surface area contributed by atoms with E-state index in [1.807, 2.05) is 36.2 Å². The fourth-order valence-electron chi connectivity index (χ4n) is 4.21. The predicted octanol–water partition coefficient (Wildman–Crippen LogP) is 2.18. The maximum absolute atomic E-state index is 12.7. The fourth-order valence-corrected chi connectivity index (χ4v) is 4.21.